The van der Waals surface area contributed by atoms with Crippen molar-refractivity contribution in [3.05, 3.63) is 49.1 Å². The van der Waals surface area contributed by atoms with Crippen LogP contribution in [-0.4, -0.2) is 0 Å². The molecule has 0 amide bonds. The zero-order valence-electron chi connectivity index (χ0n) is 12.9. The molecule has 1 unspecified atom stereocenters. The first-order chi connectivity index (χ1) is 10.0. The van der Waals surface area contributed by atoms with E-state index in [1.807, 2.05) is 11.3 Å². The van der Waals surface area contributed by atoms with Gasteiger partial charge < -0.3 is 5.32 Å². The molecule has 1 nitrogen and oxygen atoms in total. The largest absolute Gasteiger partial charge is 0.377 e. The number of anilines is 1. The molecule has 3 rings (SSSR count). The maximum absolute atomic E-state index is 3.70. The fraction of sp³-hybridized carbons (Fsp3) is 0.444. The Balaban J connectivity index is 1.83. The van der Waals surface area contributed by atoms with Crippen molar-refractivity contribution in [2.45, 2.75) is 52.5 Å². The highest BCUT2D eigenvalue weighted by Crippen LogP contribution is 2.36. The Morgan fingerprint density at radius 1 is 1.14 bits per heavy atom. The van der Waals surface area contributed by atoms with Crippen molar-refractivity contribution < 1.29 is 0 Å². The van der Waals surface area contributed by atoms with Gasteiger partial charge in [0, 0.05) is 14.2 Å². The van der Waals surface area contributed by atoms with Crippen molar-refractivity contribution in [3.8, 4) is 0 Å². The Labute approximate surface area is 139 Å². The Morgan fingerprint density at radius 2 is 1.90 bits per heavy atom. The van der Waals surface area contributed by atoms with Gasteiger partial charge >= 0.3 is 0 Å². The number of rotatable bonds is 3. The number of thiophene rings is 1. The fourth-order valence-electron chi connectivity index (χ4n) is 3.11. The molecule has 0 bridgehead atoms. The van der Waals surface area contributed by atoms with Gasteiger partial charge in [0.05, 0.1) is 11.7 Å². The van der Waals surface area contributed by atoms with Crippen LogP contribution in [0.15, 0.2) is 22.7 Å². The number of hydrogen-bond donors (Lipinski definition) is 1. The van der Waals surface area contributed by atoms with Gasteiger partial charge in [0.1, 0.15) is 0 Å². The van der Waals surface area contributed by atoms with Crippen molar-refractivity contribution in [3.63, 3.8) is 0 Å². The van der Waals surface area contributed by atoms with Crippen molar-refractivity contribution >= 4 is 33.0 Å². The van der Waals surface area contributed by atoms with E-state index >= 15 is 0 Å². The first-order valence-corrected chi connectivity index (χ1v) is 9.30. The molecule has 3 heteroatoms. The molecule has 1 aliphatic rings. The lowest BCUT2D eigenvalue weighted by Crippen LogP contribution is -2.07. The Kier molecular flexibility index (Phi) is 4.41. The summed E-state index contributed by atoms with van der Waals surface area (Å²) in [6.07, 6.45) is 5.26. The summed E-state index contributed by atoms with van der Waals surface area (Å²) in [6, 6.07) is 7.20. The second kappa shape index (κ2) is 6.13. The second-order valence-electron chi connectivity index (χ2n) is 6.11. The summed E-state index contributed by atoms with van der Waals surface area (Å²) in [6.45, 7) is 6.58. The molecule has 1 aliphatic carbocycles. The van der Waals surface area contributed by atoms with Crippen LogP contribution in [0.25, 0.3) is 0 Å². The molecule has 1 atom stereocenters. The van der Waals surface area contributed by atoms with Crippen molar-refractivity contribution in [2.24, 2.45) is 0 Å². The molecule has 0 fully saturated rings. The second-order valence-corrected chi connectivity index (χ2v) is 8.13. The molecule has 1 heterocycles. The minimum atomic E-state index is 0.360. The highest BCUT2D eigenvalue weighted by Gasteiger charge is 2.17. The van der Waals surface area contributed by atoms with E-state index in [1.54, 1.807) is 10.4 Å². The maximum Gasteiger partial charge on any atom is 0.0579 e. The standard InChI is InChI=1S/C18H22BrNS/c1-11-8-12(2)18(15(19)9-11)20-13(3)17-10-14-6-4-5-7-16(14)21-17/h8-10,13,20H,4-7H2,1-3H3. The Bertz CT molecular complexity index is 613. The van der Waals surface area contributed by atoms with Crippen LogP contribution in [0.5, 0.6) is 0 Å². The molecule has 1 aromatic heterocycles. The number of benzene rings is 1. The van der Waals surface area contributed by atoms with Gasteiger partial charge in [-0.1, -0.05) is 6.07 Å². The third kappa shape index (κ3) is 3.19. The molecule has 0 aliphatic heterocycles. The van der Waals surface area contributed by atoms with Crippen LogP contribution >= 0.6 is 27.3 Å². The summed E-state index contributed by atoms with van der Waals surface area (Å²) in [4.78, 5) is 3.08. The van der Waals surface area contributed by atoms with E-state index in [0.29, 0.717) is 6.04 Å². The van der Waals surface area contributed by atoms with E-state index < -0.39 is 0 Å². The number of nitrogens with one attached hydrogen (secondary N) is 1. The number of fused-ring (bicyclic) bond motifs is 1. The van der Waals surface area contributed by atoms with E-state index in [2.05, 4.69) is 60.2 Å². The van der Waals surface area contributed by atoms with Crippen LogP contribution in [0.2, 0.25) is 0 Å². The van der Waals surface area contributed by atoms with Gasteiger partial charge in [-0.2, -0.15) is 0 Å². The SMILES string of the molecule is Cc1cc(C)c(NC(C)c2cc3c(s2)CCCC3)c(Br)c1. The molecule has 0 saturated heterocycles. The van der Waals surface area contributed by atoms with Crippen LogP contribution in [0.1, 0.15) is 52.3 Å². The summed E-state index contributed by atoms with van der Waals surface area (Å²) < 4.78 is 1.16. The van der Waals surface area contributed by atoms with Gasteiger partial charge in [-0.15, -0.1) is 11.3 Å². The van der Waals surface area contributed by atoms with Gasteiger partial charge in [-0.25, -0.2) is 0 Å². The average molecular weight is 364 g/mol. The van der Waals surface area contributed by atoms with Crippen LogP contribution < -0.4 is 5.32 Å². The van der Waals surface area contributed by atoms with Crippen LogP contribution in [0.3, 0.4) is 0 Å². The zero-order chi connectivity index (χ0) is 15.0. The van der Waals surface area contributed by atoms with E-state index in [4.69, 9.17) is 0 Å². The molecule has 0 radical (unpaired) electrons. The summed E-state index contributed by atoms with van der Waals surface area (Å²) in [5, 5.41) is 3.69. The van der Waals surface area contributed by atoms with Gasteiger partial charge in [0.2, 0.25) is 0 Å². The number of aryl methyl sites for hydroxylation is 4. The maximum atomic E-state index is 3.70. The first-order valence-electron chi connectivity index (χ1n) is 7.69. The number of hydrogen-bond acceptors (Lipinski definition) is 2. The molecule has 1 N–H and O–H groups in total. The predicted molar refractivity (Wildman–Crippen MR) is 96.6 cm³/mol. The molecule has 1 aromatic carbocycles. The molecule has 0 spiro atoms. The zero-order valence-corrected chi connectivity index (χ0v) is 15.3. The quantitative estimate of drug-likeness (QED) is 0.686. The van der Waals surface area contributed by atoms with Gasteiger partial charge in [-0.05, 0) is 91.2 Å². The van der Waals surface area contributed by atoms with Crippen LogP contribution in [0.4, 0.5) is 5.69 Å². The van der Waals surface area contributed by atoms with Crippen LogP contribution in [0, 0.1) is 13.8 Å². The van der Waals surface area contributed by atoms with Crippen molar-refractivity contribution in [1.82, 2.24) is 0 Å². The van der Waals surface area contributed by atoms with Gasteiger partial charge in [0.15, 0.2) is 0 Å². The third-order valence-corrected chi connectivity index (χ3v) is 6.28. The topological polar surface area (TPSA) is 12.0 Å². The van der Waals surface area contributed by atoms with E-state index in [0.717, 1.165) is 4.47 Å². The van der Waals surface area contributed by atoms with Crippen LogP contribution in [-0.2, 0) is 12.8 Å². The van der Waals surface area contributed by atoms with E-state index in [1.165, 1.54) is 47.4 Å². The molecule has 112 valence electrons. The lowest BCUT2D eigenvalue weighted by atomic mass is 9.99. The summed E-state index contributed by atoms with van der Waals surface area (Å²) in [7, 11) is 0. The lowest BCUT2D eigenvalue weighted by molar-refractivity contribution is 0.696. The highest BCUT2D eigenvalue weighted by molar-refractivity contribution is 9.10. The summed E-state index contributed by atoms with van der Waals surface area (Å²) in [5.74, 6) is 0. The van der Waals surface area contributed by atoms with E-state index in [9.17, 15) is 0 Å². The van der Waals surface area contributed by atoms with Crippen molar-refractivity contribution in [2.75, 3.05) is 5.32 Å². The summed E-state index contributed by atoms with van der Waals surface area (Å²) >= 11 is 5.70. The normalized spacial score (nSPS) is 15.6. The molecular formula is C18H22BrNS. The monoisotopic (exact) mass is 363 g/mol. The Morgan fingerprint density at radius 3 is 2.62 bits per heavy atom. The minimum absolute atomic E-state index is 0.360. The average Bonchev–Trinajstić information content (AvgIpc) is 2.86. The predicted octanol–water partition coefficient (Wildman–Crippen LogP) is 6.18. The number of halogens is 1. The molecule has 2 aromatic rings. The molecule has 0 saturated carbocycles. The van der Waals surface area contributed by atoms with Gasteiger partial charge in [0.25, 0.3) is 0 Å². The smallest absolute Gasteiger partial charge is 0.0579 e. The molecule has 21 heavy (non-hydrogen) atoms. The van der Waals surface area contributed by atoms with E-state index in [-0.39, 0.29) is 0 Å². The minimum Gasteiger partial charge on any atom is -0.377 e. The third-order valence-electron chi connectivity index (χ3n) is 4.24. The van der Waals surface area contributed by atoms with Crippen molar-refractivity contribution in [1.29, 1.82) is 0 Å². The first kappa shape index (κ1) is 15.1. The van der Waals surface area contributed by atoms with Gasteiger partial charge in [-0.3, -0.25) is 0 Å². The lowest BCUT2D eigenvalue weighted by Gasteiger charge is -2.18. The molecular weight excluding hydrogens is 342 g/mol. The fourth-order valence-corrected chi connectivity index (χ4v) is 5.16. The highest BCUT2D eigenvalue weighted by atomic mass is 79.9. The summed E-state index contributed by atoms with van der Waals surface area (Å²) in [5.41, 5.74) is 5.41. The Hall–Kier alpha value is -0.800.